The van der Waals surface area contributed by atoms with Crippen molar-refractivity contribution in [3.8, 4) is 11.5 Å². The number of carbonyl (C=O) groups is 5. The van der Waals surface area contributed by atoms with E-state index in [9.17, 15) is 44.4 Å². The number of aromatic nitrogens is 1. The van der Waals surface area contributed by atoms with Crippen LogP contribution < -0.4 is 45.5 Å². The molecule has 4 aliphatic heterocycles. The van der Waals surface area contributed by atoms with Gasteiger partial charge < -0.3 is 50.0 Å². The molecule has 3 saturated heterocycles. The van der Waals surface area contributed by atoms with E-state index in [1.807, 2.05) is 0 Å². The Labute approximate surface area is 360 Å². The third-order valence-corrected chi connectivity index (χ3v) is 13.5. The Bertz CT molecular complexity index is 1990. The van der Waals surface area contributed by atoms with Crippen molar-refractivity contribution in [2.45, 2.75) is 56.5 Å². The fraction of sp³-hybridized carbons (Fsp3) is 0.485. The van der Waals surface area contributed by atoms with Crippen LogP contribution in [0.25, 0.3) is 0 Å². The first kappa shape index (κ1) is 43.3. The number of thioether (sulfide) groups is 1. The molecule has 2 aromatic rings. The number of thiazole rings is 1. The third-order valence-electron chi connectivity index (χ3n) is 10.4. The first-order chi connectivity index (χ1) is 25.5. The van der Waals surface area contributed by atoms with E-state index in [-0.39, 0.29) is 77.8 Å². The van der Waals surface area contributed by atoms with Crippen LogP contribution in [0.15, 0.2) is 22.5 Å². The molecule has 4 aliphatic rings. The van der Waals surface area contributed by atoms with Crippen molar-refractivity contribution in [1.82, 2.24) is 14.8 Å². The quantitative estimate of drug-likeness (QED) is 0.0544. The molecule has 2 amide bonds. The summed E-state index contributed by atoms with van der Waals surface area (Å²) in [6.45, 7) is 3.79. The molecular formula is C33H34Cl3N6NaO10S2. The zero-order valence-electron chi connectivity index (χ0n) is 29.6. The van der Waals surface area contributed by atoms with Crippen LogP contribution in [0.3, 0.4) is 0 Å². The molecule has 5 heterocycles. The van der Waals surface area contributed by atoms with Gasteiger partial charge in [-0.2, -0.15) is 0 Å². The Morgan fingerprint density at radius 2 is 1.78 bits per heavy atom. The normalized spacial score (nSPS) is 21.7. The SMILES string of the molecule is C[C@H](O/N=C(\C(=O)C[C@@H]1C(=O)N2C(C(=O)[O-])=C(C[N+]3(C4CCN(C(=O)c5cc(Cl)c(O)c(O)c5Cl)CC4)CCCC3)CS[C@H]12)c1nc(N)sc1Cl)C(=O)[O-].[Na+]. The monoisotopic (exact) mass is 866 g/mol. The number of hydrogen-bond donors (Lipinski definition) is 3. The molecule has 3 fully saturated rings. The molecule has 6 rings (SSSR count). The van der Waals surface area contributed by atoms with Gasteiger partial charge in [-0.25, -0.2) is 4.98 Å². The molecule has 0 spiro atoms. The zero-order valence-corrected chi connectivity index (χ0v) is 35.5. The number of nitrogen functional groups attached to an aromatic ring is 1. The van der Waals surface area contributed by atoms with Gasteiger partial charge in [-0.1, -0.05) is 51.3 Å². The van der Waals surface area contributed by atoms with Gasteiger partial charge in [0.1, 0.15) is 16.6 Å². The van der Waals surface area contributed by atoms with Crippen LogP contribution in [-0.4, -0.2) is 121 Å². The molecule has 1 aromatic heterocycles. The van der Waals surface area contributed by atoms with Crippen LogP contribution in [0, 0.1) is 5.92 Å². The molecular weight excluding hydrogens is 834 g/mol. The van der Waals surface area contributed by atoms with Gasteiger partial charge in [-0.05, 0) is 13.0 Å². The number of carboxylic acid groups (broad SMARTS) is 2. The number of hydrogen-bond acceptors (Lipinski definition) is 15. The number of benzene rings is 1. The second kappa shape index (κ2) is 17.4. The summed E-state index contributed by atoms with van der Waals surface area (Å²) in [5.41, 5.74) is 5.47. The average Bonchev–Trinajstić information content (AvgIpc) is 3.76. The Morgan fingerprint density at radius 3 is 2.36 bits per heavy atom. The Morgan fingerprint density at radius 1 is 1.13 bits per heavy atom. The van der Waals surface area contributed by atoms with Crippen molar-refractivity contribution in [3.63, 3.8) is 0 Å². The maximum absolute atomic E-state index is 13.6. The van der Waals surface area contributed by atoms with Gasteiger partial charge in [-0.3, -0.25) is 19.3 Å². The molecule has 0 aliphatic carbocycles. The smallest absolute Gasteiger partial charge is 0.546 e. The average molecular weight is 868 g/mol. The zero-order chi connectivity index (χ0) is 39.2. The molecule has 0 saturated carbocycles. The summed E-state index contributed by atoms with van der Waals surface area (Å²) >= 11 is 20.6. The fourth-order valence-electron chi connectivity index (χ4n) is 7.63. The van der Waals surface area contributed by atoms with E-state index < -0.39 is 70.6 Å². The number of nitrogens with two attached hydrogens (primary N) is 1. The fourth-order valence-corrected chi connectivity index (χ4v) is 10.4. The van der Waals surface area contributed by atoms with Crippen molar-refractivity contribution in [1.29, 1.82) is 0 Å². The van der Waals surface area contributed by atoms with E-state index in [4.69, 9.17) is 45.4 Å². The standard InChI is InChI=1S/C33H35Cl3N6O10S2.Na/c1-14(31(48)49)52-39-22(23-27(36)54-33(37)38-23)20(43)11-18-29(47)41-24(32(50)51)15(13-53-30(18)41)12-42(8-2-3-9-42)16-4-6-40(7-5-16)28(46)17-10-19(34)25(44)26(45)21(17)35;/h10,14,16,18,30H,2-9,11-13H2,1H3,(H5-,37,38,39,43,44,45,46,48,49,50,51);/q;+1/p-1/t14-,18+,30+;/m0./s1. The van der Waals surface area contributed by atoms with E-state index in [0.29, 0.717) is 42.5 Å². The predicted octanol–water partition coefficient (Wildman–Crippen LogP) is -1.63. The largest absolute Gasteiger partial charge is 1.00 e. The van der Waals surface area contributed by atoms with E-state index in [1.54, 1.807) is 4.90 Å². The maximum atomic E-state index is 13.6. The number of piperidine rings is 1. The van der Waals surface area contributed by atoms with E-state index in [0.717, 1.165) is 44.2 Å². The number of rotatable bonds is 12. The minimum atomic E-state index is -1.59. The molecule has 16 nitrogen and oxygen atoms in total. The van der Waals surface area contributed by atoms with Crippen molar-refractivity contribution >= 4 is 98.3 Å². The number of quaternary nitrogens is 1. The van der Waals surface area contributed by atoms with Gasteiger partial charge in [0.05, 0.1) is 63.7 Å². The van der Waals surface area contributed by atoms with Gasteiger partial charge in [0, 0.05) is 56.5 Å². The predicted molar refractivity (Wildman–Crippen MR) is 195 cm³/mol. The van der Waals surface area contributed by atoms with Gasteiger partial charge in [-0.15, -0.1) is 11.8 Å². The molecule has 1 aromatic carbocycles. The maximum Gasteiger partial charge on any atom is 1.00 e. The van der Waals surface area contributed by atoms with Crippen LogP contribution in [0.5, 0.6) is 11.5 Å². The van der Waals surface area contributed by atoms with Crippen molar-refractivity contribution in [3.05, 3.63) is 43.0 Å². The van der Waals surface area contributed by atoms with Gasteiger partial charge in [0.15, 0.2) is 34.2 Å². The van der Waals surface area contributed by atoms with Crippen LogP contribution in [0.1, 0.15) is 55.1 Å². The molecule has 55 heavy (non-hydrogen) atoms. The number of carbonyl (C=O) groups excluding carboxylic acids is 5. The number of amides is 2. The third kappa shape index (κ3) is 8.43. The number of phenols is 2. The first-order valence-electron chi connectivity index (χ1n) is 16.9. The van der Waals surface area contributed by atoms with Crippen molar-refractivity contribution in [2.24, 2.45) is 11.1 Å². The van der Waals surface area contributed by atoms with Crippen LogP contribution in [0.4, 0.5) is 5.13 Å². The first-order valence-corrected chi connectivity index (χ1v) is 19.9. The number of β-lactam (4-membered cyclic amide) rings is 1. The summed E-state index contributed by atoms with van der Waals surface area (Å²) in [6, 6.07) is 1.29. The van der Waals surface area contributed by atoms with Gasteiger partial charge >= 0.3 is 29.6 Å². The second-order valence-corrected chi connectivity index (χ2v) is 17.1. The van der Waals surface area contributed by atoms with Crippen LogP contribution >= 0.6 is 57.9 Å². The number of phenolic OH excluding ortho intramolecular Hbond substituents is 2. The number of halogens is 3. The number of carboxylic acids is 2. The molecule has 22 heteroatoms. The Kier molecular flexibility index (Phi) is 13.7. The van der Waals surface area contributed by atoms with E-state index in [2.05, 4.69) is 10.1 Å². The van der Waals surface area contributed by atoms with Crippen molar-refractivity contribution < 1.29 is 83.3 Å². The number of fused-ring (bicyclic) bond motifs is 1. The van der Waals surface area contributed by atoms with Gasteiger partial charge in [0.2, 0.25) is 5.91 Å². The summed E-state index contributed by atoms with van der Waals surface area (Å²) in [7, 11) is 0. The number of oxime groups is 1. The number of aromatic hydroxyl groups is 2. The second-order valence-electron chi connectivity index (χ2n) is 13.5. The summed E-state index contributed by atoms with van der Waals surface area (Å²) in [5, 5.41) is 46.4. The summed E-state index contributed by atoms with van der Waals surface area (Å²) in [6.07, 6.45) is 1.09. The number of nitrogens with zero attached hydrogens (tertiary/aromatic N) is 5. The molecule has 0 unspecified atom stereocenters. The molecule has 290 valence electrons. The number of aliphatic carboxylic acids is 2. The Hall–Kier alpha value is -2.81. The topological polar surface area (TPSA) is 239 Å². The van der Waals surface area contributed by atoms with Crippen LogP contribution in [-0.2, 0) is 24.0 Å². The number of likely N-dealkylation sites (tertiary alicyclic amines) is 2. The number of Topliss-reactive ketones (excluding diaryl/α,β-unsaturated/α-hetero) is 1. The number of ketones is 1. The van der Waals surface area contributed by atoms with Gasteiger partial charge in [0.25, 0.3) is 5.91 Å². The minimum absolute atomic E-state index is 0. The van der Waals surface area contributed by atoms with E-state index in [1.165, 1.54) is 22.7 Å². The molecule has 4 N–H and O–H groups in total. The summed E-state index contributed by atoms with van der Waals surface area (Å²) in [4.78, 5) is 76.2. The molecule has 3 atom stereocenters. The summed E-state index contributed by atoms with van der Waals surface area (Å²) in [5.74, 6) is -6.82. The molecule has 0 bridgehead atoms. The number of anilines is 1. The Balaban J connectivity index is 0.00000580. The van der Waals surface area contributed by atoms with Crippen molar-refractivity contribution in [2.75, 3.05) is 44.2 Å². The summed E-state index contributed by atoms with van der Waals surface area (Å²) < 4.78 is 0.574. The molecule has 0 radical (unpaired) electrons. The minimum Gasteiger partial charge on any atom is -0.546 e. The van der Waals surface area contributed by atoms with Crippen LogP contribution in [0.2, 0.25) is 14.4 Å². The van der Waals surface area contributed by atoms with E-state index >= 15 is 0 Å².